The Bertz CT molecular complexity index is 725. The quantitative estimate of drug-likeness (QED) is 0.683. The average molecular weight is 343 g/mol. The van der Waals surface area contributed by atoms with Crippen LogP contribution in [0, 0.1) is 5.82 Å². The molecule has 0 unspecified atom stereocenters. The van der Waals surface area contributed by atoms with Gasteiger partial charge in [-0.2, -0.15) is 0 Å². The fraction of sp³-hybridized carbons (Fsp3) is 0.0714. The molecular weight excluding hydrogens is 334 g/mol. The first-order valence-corrected chi connectivity index (χ1v) is 6.76. The van der Waals surface area contributed by atoms with E-state index in [0.717, 1.165) is 0 Å². The van der Waals surface area contributed by atoms with Gasteiger partial charge in [-0.05, 0) is 24.3 Å². The highest BCUT2D eigenvalue weighted by atomic mass is 35.5. The number of ether oxygens (including phenoxy) is 1. The summed E-state index contributed by atoms with van der Waals surface area (Å²) in [5.41, 5.74) is -0.213. The van der Waals surface area contributed by atoms with Crippen LogP contribution in [0.15, 0.2) is 36.4 Å². The number of carbonyl (C=O) groups excluding carboxylic acids is 2. The maximum atomic E-state index is 13.3. The molecule has 0 spiro atoms. The van der Waals surface area contributed by atoms with E-state index in [0.29, 0.717) is 0 Å². The minimum Gasteiger partial charge on any atom is -0.451 e. The van der Waals surface area contributed by atoms with E-state index >= 15 is 0 Å². The van der Waals surface area contributed by atoms with Crippen LogP contribution >= 0.6 is 23.2 Å². The number of nitrogens with one attached hydrogen (secondary N) is 1. The van der Waals surface area contributed by atoms with Crippen molar-refractivity contribution in [3.8, 4) is 0 Å². The minimum atomic E-state index is -0.906. The molecule has 1 aromatic heterocycles. The van der Waals surface area contributed by atoms with Gasteiger partial charge in [-0.1, -0.05) is 35.3 Å². The number of pyridine rings is 1. The number of amides is 1. The van der Waals surface area contributed by atoms with Crippen molar-refractivity contribution in [3.05, 3.63) is 58.1 Å². The van der Waals surface area contributed by atoms with Crippen molar-refractivity contribution in [2.45, 2.75) is 0 Å². The highest BCUT2D eigenvalue weighted by Gasteiger charge is 2.16. The van der Waals surface area contributed by atoms with Crippen LogP contribution in [-0.2, 0) is 9.53 Å². The Labute approximate surface area is 135 Å². The normalized spacial score (nSPS) is 10.1. The smallest absolute Gasteiger partial charge is 0.359 e. The lowest BCUT2D eigenvalue weighted by atomic mass is 10.3. The van der Waals surface area contributed by atoms with Crippen LogP contribution in [0.3, 0.4) is 0 Å². The van der Waals surface area contributed by atoms with Gasteiger partial charge in [0.2, 0.25) is 0 Å². The molecule has 114 valence electrons. The predicted octanol–water partition coefficient (Wildman–Crippen LogP) is 3.32. The van der Waals surface area contributed by atoms with Gasteiger partial charge in [0.15, 0.2) is 12.3 Å². The SMILES string of the molecule is O=C(COC(=O)c1nc(Cl)ccc1Cl)Nc1ccccc1F. The molecule has 0 aliphatic rings. The number of para-hydroxylation sites is 1. The molecule has 22 heavy (non-hydrogen) atoms. The first-order chi connectivity index (χ1) is 10.5. The monoisotopic (exact) mass is 342 g/mol. The van der Waals surface area contributed by atoms with Gasteiger partial charge in [0.1, 0.15) is 11.0 Å². The zero-order valence-electron chi connectivity index (χ0n) is 11.0. The maximum Gasteiger partial charge on any atom is 0.359 e. The molecule has 1 heterocycles. The summed E-state index contributed by atoms with van der Waals surface area (Å²) in [6, 6.07) is 8.40. The zero-order chi connectivity index (χ0) is 16.1. The second kappa shape index (κ2) is 7.20. The third-order valence-electron chi connectivity index (χ3n) is 2.49. The van der Waals surface area contributed by atoms with Gasteiger partial charge in [0, 0.05) is 0 Å². The number of aromatic nitrogens is 1. The topological polar surface area (TPSA) is 68.3 Å². The van der Waals surface area contributed by atoms with Crippen LogP contribution in [0.5, 0.6) is 0 Å². The van der Waals surface area contributed by atoms with Crippen LogP contribution in [0.4, 0.5) is 10.1 Å². The third kappa shape index (κ3) is 4.16. The van der Waals surface area contributed by atoms with Gasteiger partial charge in [-0.3, -0.25) is 4.79 Å². The molecule has 2 rings (SSSR count). The largest absolute Gasteiger partial charge is 0.451 e. The van der Waals surface area contributed by atoms with Crippen LogP contribution in [0.25, 0.3) is 0 Å². The maximum absolute atomic E-state index is 13.3. The van der Waals surface area contributed by atoms with E-state index in [1.165, 1.54) is 30.3 Å². The molecule has 5 nitrogen and oxygen atoms in total. The second-order valence-corrected chi connectivity index (χ2v) is 4.86. The molecule has 0 saturated carbocycles. The summed E-state index contributed by atoms with van der Waals surface area (Å²) < 4.78 is 18.1. The van der Waals surface area contributed by atoms with Gasteiger partial charge in [-0.25, -0.2) is 14.2 Å². The molecule has 1 aromatic carbocycles. The average Bonchev–Trinajstić information content (AvgIpc) is 2.49. The molecule has 0 atom stereocenters. The lowest BCUT2D eigenvalue weighted by molar-refractivity contribution is -0.119. The molecule has 1 N–H and O–H groups in total. The summed E-state index contributed by atoms with van der Waals surface area (Å²) in [5, 5.41) is 2.38. The van der Waals surface area contributed by atoms with Crippen molar-refractivity contribution < 1.29 is 18.7 Å². The third-order valence-corrected chi connectivity index (χ3v) is 3.00. The van der Waals surface area contributed by atoms with Crippen molar-refractivity contribution >= 4 is 40.8 Å². The first-order valence-electron chi connectivity index (χ1n) is 6.01. The fourth-order valence-corrected chi connectivity index (χ4v) is 1.84. The Morgan fingerprint density at radius 2 is 1.91 bits per heavy atom. The van der Waals surface area contributed by atoms with E-state index in [2.05, 4.69) is 10.3 Å². The number of carbonyl (C=O) groups is 2. The van der Waals surface area contributed by atoms with E-state index in [9.17, 15) is 14.0 Å². The first kappa shape index (κ1) is 16.2. The number of hydrogen-bond donors (Lipinski definition) is 1. The molecule has 8 heteroatoms. The van der Waals surface area contributed by atoms with E-state index < -0.39 is 24.3 Å². The van der Waals surface area contributed by atoms with Crippen LogP contribution in [-0.4, -0.2) is 23.5 Å². The van der Waals surface area contributed by atoms with Crippen LogP contribution in [0.2, 0.25) is 10.2 Å². The second-order valence-electron chi connectivity index (χ2n) is 4.07. The van der Waals surface area contributed by atoms with Crippen LogP contribution < -0.4 is 5.32 Å². The molecule has 0 fully saturated rings. The number of hydrogen-bond acceptors (Lipinski definition) is 4. The number of benzene rings is 1. The molecular formula is C14H9Cl2FN2O3. The molecule has 0 saturated heterocycles. The fourth-order valence-electron chi connectivity index (χ4n) is 1.51. The molecule has 1 amide bonds. The van der Waals surface area contributed by atoms with Gasteiger partial charge in [-0.15, -0.1) is 0 Å². The van der Waals surface area contributed by atoms with Gasteiger partial charge in [0.05, 0.1) is 10.7 Å². The number of anilines is 1. The van der Waals surface area contributed by atoms with Gasteiger partial charge < -0.3 is 10.1 Å². The summed E-state index contributed by atoms with van der Waals surface area (Å²) in [4.78, 5) is 27.1. The Balaban J connectivity index is 1.95. The van der Waals surface area contributed by atoms with E-state index in [-0.39, 0.29) is 21.6 Å². The number of esters is 1. The van der Waals surface area contributed by atoms with E-state index in [1.807, 2.05) is 0 Å². The van der Waals surface area contributed by atoms with Crippen molar-refractivity contribution in [1.82, 2.24) is 4.98 Å². The Morgan fingerprint density at radius 1 is 1.18 bits per heavy atom. The molecule has 0 aliphatic heterocycles. The number of rotatable bonds is 4. The van der Waals surface area contributed by atoms with Gasteiger partial charge >= 0.3 is 5.97 Å². The lowest BCUT2D eigenvalue weighted by Crippen LogP contribution is -2.22. The van der Waals surface area contributed by atoms with Crippen molar-refractivity contribution in [2.24, 2.45) is 0 Å². The molecule has 0 bridgehead atoms. The van der Waals surface area contributed by atoms with Crippen molar-refractivity contribution in [2.75, 3.05) is 11.9 Å². The highest BCUT2D eigenvalue weighted by Crippen LogP contribution is 2.17. The molecule has 2 aromatic rings. The van der Waals surface area contributed by atoms with Crippen molar-refractivity contribution in [3.63, 3.8) is 0 Å². The van der Waals surface area contributed by atoms with Gasteiger partial charge in [0.25, 0.3) is 5.91 Å². The minimum absolute atomic E-state index is 0.0116. The summed E-state index contributed by atoms with van der Waals surface area (Å²) >= 11 is 11.4. The number of halogens is 3. The highest BCUT2D eigenvalue weighted by molar-refractivity contribution is 6.34. The molecule has 0 aliphatic carbocycles. The summed E-state index contributed by atoms with van der Waals surface area (Å²) in [6.45, 7) is -0.613. The Kier molecular flexibility index (Phi) is 5.30. The van der Waals surface area contributed by atoms with Crippen molar-refractivity contribution in [1.29, 1.82) is 0 Å². The summed E-state index contributed by atoms with van der Waals surface area (Å²) in [5.74, 6) is -2.20. The lowest BCUT2D eigenvalue weighted by Gasteiger charge is -2.07. The summed E-state index contributed by atoms with van der Waals surface area (Å²) in [7, 11) is 0. The molecule has 0 radical (unpaired) electrons. The standard InChI is InChI=1S/C14H9Cl2FN2O3/c15-8-5-6-11(16)19-13(8)14(21)22-7-12(20)18-10-4-2-1-3-9(10)17/h1-6H,7H2,(H,18,20). The van der Waals surface area contributed by atoms with E-state index in [4.69, 9.17) is 27.9 Å². The zero-order valence-corrected chi connectivity index (χ0v) is 12.5. The Morgan fingerprint density at radius 3 is 2.64 bits per heavy atom. The number of nitrogens with zero attached hydrogens (tertiary/aromatic N) is 1. The Hall–Kier alpha value is -2.18. The predicted molar refractivity (Wildman–Crippen MR) is 79.6 cm³/mol. The van der Waals surface area contributed by atoms with E-state index in [1.54, 1.807) is 6.07 Å². The van der Waals surface area contributed by atoms with Crippen LogP contribution in [0.1, 0.15) is 10.5 Å². The summed E-state index contributed by atoms with van der Waals surface area (Å²) in [6.07, 6.45) is 0.